The third kappa shape index (κ3) is 3.62. The molecular weight excluding hydrogens is 410 g/mol. The number of methoxy groups -OCH3 is 1. The Morgan fingerprint density at radius 2 is 1.93 bits per heavy atom. The Morgan fingerprint density at radius 3 is 2.67 bits per heavy atom. The standard InChI is InChI=1S/C22H22ClNO6/c1-29-17-9-11(8-12(23)22(17)30-10-18(27)28)19-20-13(4-2-6-15(20)25)24-14-5-3-7-16(26)21(14)19/h8-9,19-20H,2-7,10H2,1H3,(H,27,28)/p-1/t19-,20?/m1/s1. The molecule has 4 rings (SSSR count). The number of benzene rings is 1. The van der Waals surface area contributed by atoms with Crippen LogP contribution in [0, 0.1) is 5.92 Å². The van der Waals surface area contributed by atoms with Crippen LogP contribution in [0.2, 0.25) is 5.02 Å². The predicted octanol–water partition coefficient (Wildman–Crippen LogP) is 2.39. The Morgan fingerprint density at radius 1 is 1.17 bits per heavy atom. The molecule has 1 aliphatic heterocycles. The second kappa shape index (κ2) is 8.22. The minimum Gasteiger partial charge on any atom is -0.546 e. The molecule has 0 amide bonds. The van der Waals surface area contributed by atoms with Crippen molar-refractivity contribution in [2.45, 2.75) is 44.4 Å². The highest BCUT2D eigenvalue weighted by Gasteiger charge is 2.44. The van der Waals surface area contributed by atoms with Crippen molar-refractivity contribution in [3.63, 3.8) is 0 Å². The highest BCUT2D eigenvalue weighted by molar-refractivity contribution is 6.32. The van der Waals surface area contributed by atoms with Gasteiger partial charge in [-0.2, -0.15) is 0 Å². The topological polar surface area (TPSA) is 105 Å². The second-order valence-electron chi connectivity index (χ2n) is 7.71. The molecular formula is C22H21ClNO6-. The number of aliphatic imine (C=N–C) groups is 1. The van der Waals surface area contributed by atoms with Gasteiger partial charge in [0.1, 0.15) is 12.4 Å². The lowest BCUT2D eigenvalue weighted by atomic mass is 9.67. The second-order valence-corrected chi connectivity index (χ2v) is 8.12. The molecule has 2 aliphatic carbocycles. The maximum absolute atomic E-state index is 12.9. The zero-order valence-electron chi connectivity index (χ0n) is 16.5. The van der Waals surface area contributed by atoms with E-state index in [2.05, 4.69) is 0 Å². The Labute approximate surface area is 178 Å². The third-order valence-corrected chi connectivity index (χ3v) is 6.14. The fourth-order valence-corrected chi connectivity index (χ4v) is 4.92. The number of Topliss-reactive ketones (excluding diaryl/α,β-unsaturated/α-hetero) is 2. The number of rotatable bonds is 5. The van der Waals surface area contributed by atoms with Crippen molar-refractivity contribution >= 4 is 34.8 Å². The number of carbonyl (C=O) groups excluding carboxylic acids is 3. The molecule has 1 saturated carbocycles. The highest BCUT2D eigenvalue weighted by Crippen LogP contribution is 2.48. The predicted molar refractivity (Wildman–Crippen MR) is 107 cm³/mol. The van der Waals surface area contributed by atoms with E-state index in [1.807, 2.05) is 0 Å². The smallest absolute Gasteiger partial charge is 0.180 e. The average molecular weight is 431 g/mol. The maximum atomic E-state index is 12.9. The number of carboxylic acids is 1. The van der Waals surface area contributed by atoms with E-state index < -0.39 is 24.4 Å². The van der Waals surface area contributed by atoms with Gasteiger partial charge in [-0.15, -0.1) is 0 Å². The molecule has 0 aromatic heterocycles. The lowest BCUT2D eigenvalue weighted by Gasteiger charge is -2.38. The van der Waals surface area contributed by atoms with Gasteiger partial charge in [0, 0.05) is 35.7 Å². The van der Waals surface area contributed by atoms with E-state index in [9.17, 15) is 19.5 Å². The number of halogens is 1. The summed E-state index contributed by atoms with van der Waals surface area (Å²) in [7, 11) is 1.41. The van der Waals surface area contributed by atoms with Gasteiger partial charge >= 0.3 is 0 Å². The van der Waals surface area contributed by atoms with Gasteiger partial charge < -0.3 is 19.4 Å². The van der Waals surface area contributed by atoms with Crippen LogP contribution in [0.25, 0.3) is 0 Å². The largest absolute Gasteiger partial charge is 0.546 e. The van der Waals surface area contributed by atoms with Crippen LogP contribution in [-0.4, -0.2) is 37.0 Å². The summed E-state index contributed by atoms with van der Waals surface area (Å²) in [5.74, 6) is -1.96. The molecule has 1 fully saturated rings. The van der Waals surface area contributed by atoms with Crippen molar-refractivity contribution in [3.8, 4) is 11.5 Å². The molecule has 30 heavy (non-hydrogen) atoms. The number of hydrogen-bond donors (Lipinski definition) is 0. The van der Waals surface area contributed by atoms with E-state index in [0.29, 0.717) is 30.4 Å². The van der Waals surface area contributed by atoms with Gasteiger partial charge in [-0.05, 0) is 43.4 Å². The van der Waals surface area contributed by atoms with Crippen LogP contribution >= 0.6 is 11.6 Å². The molecule has 0 spiro atoms. The Kier molecular flexibility index (Phi) is 5.64. The summed E-state index contributed by atoms with van der Waals surface area (Å²) in [5, 5.41) is 10.9. The number of allylic oxidation sites excluding steroid dienone is 2. The Bertz CT molecular complexity index is 996. The van der Waals surface area contributed by atoms with Crippen molar-refractivity contribution in [3.05, 3.63) is 34.0 Å². The molecule has 8 heteroatoms. The van der Waals surface area contributed by atoms with Crippen molar-refractivity contribution in [2.24, 2.45) is 10.9 Å². The molecule has 0 saturated heterocycles. The summed E-state index contributed by atoms with van der Waals surface area (Å²) in [6, 6.07) is 3.29. The van der Waals surface area contributed by atoms with Crippen LogP contribution in [-0.2, 0) is 14.4 Å². The van der Waals surface area contributed by atoms with Crippen LogP contribution < -0.4 is 14.6 Å². The number of ether oxygens (including phenoxy) is 2. The van der Waals surface area contributed by atoms with E-state index in [1.165, 1.54) is 7.11 Å². The summed E-state index contributed by atoms with van der Waals surface area (Å²) in [4.78, 5) is 41.3. The maximum Gasteiger partial charge on any atom is 0.180 e. The summed E-state index contributed by atoms with van der Waals surface area (Å²) >= 11 is 6.40. The lowest BCUT2D eigenvalue weighted by Crippen LogP contribution is -2.39. The van der Waals surface area contributed by atoms with E-state index in [1.54, 1.807) is 12.1 Å². The third-order valence-electron chi connectivity index (χ3n) is 5.86. The van der Waals surface area contributed by atoms with E-state index in [-0.39, 0.29) is 28.1 Å². The summed E-state index contributed by atoms with van der Waals surface area (Å²) < 4.78 is 10.6. The fourth-order valence-electron chi connectivity index (χ4n) is 4.65. The van der Waals surface area contributed by atoms with Crippen molar-refractivity contribution in [1.82, 2.24) is 0 Å². The zero-order valence-corrected chi connectivity index (χ0v) is 17.3. The van der Waals surface area contributed by atoms with Crippen LogP contribution in [0.1, 0.15) is 50.0 Å². The number of carbonyl (C=O) groups is 3. The first-order chi connectivity index (χ1) is 14.4. The van der Waals surface area contributed by atoms with Crippen molar-refractivity contribution < 1.29 is 29.0 Å². The Hall–Kier alpha value is -2.67. The summed E-state index contributed by atoms with van der Waals surface area (Å²) in [6.07, 6.45) is 3.83. The molecule has 1 aromatic rings. The number of aliphatic carboxylic acids is 1. The minimum absolute atomic E-state index is 0.00907. The van der Waals surface area contributed by atoms with E-state index in [0.717, 1.165) is 30.7 Å². The number of fused-ring (bicyclic) bond motifs is 1. The molecule has 0 bridgehead atoms. The van der Waals surface area contributed by atoms with Crippen LogP contribution in [0.4, 0.5) is 0 Å². The van der Waals surface area contributed by atoms with Crippen LogP contribution in [0.5, 0.6) is 11.5 Å². The molecule has 1 unspecified atom stereocenters. The zero-order chi connectivity index (χ0) is 21.4. The first-order valence-corrected chi connectivity index (χ1v) is 10.3. The quantitative estimate of drug-likeness (QED) is 0.710. The van der Waals surface area contributed by atoms with Crippen molar-refractivity contribution in [2.75, 3.05) is 13.7 Å². The van der Waals surface area contributed by atoms with Crippen LogP contribution in [0.15, 0.2) is 28.4 Å². The average Bonchev–Trinajstić information content (AvgIpc) is 2.71. The normalized spacial score (nSPS) is 23.5. The molecule has 7 nitrogen and oxygen atoms in total. The summed E-state index contributed by atoms with van der Waals surface area (Å²) in [6.45, 7) is -0.676. The van der Waals surface area contributed by atoms with Gasteiger partial charge in [0.25, 0.3) is 0 Å². The number of hydrogen-bond acceptors (Lipinski definition) is 7. The van der Waals surface area contributed by atoms with Gasteiger partial charge in [-0.25, -0.2) is 0 Å². The fraction of sp³-hybridized carbons (Fsp3) is 0.455. The molecule has 2 atom stereocenters. The number of ketones is 2. The monoisotopic (exact) mass is 430 g/mol. The number of nitrogens with zero attached hydrogens (tertiary/aromatic N) is 1. The van der Waals surface area contributed by atoms with Gasteiger partial charge in [0.15, 0.2) is 17.3 Å². The molecule has 158 valence electrons. The molecule has 3 aliphatic rings. The first-order valence-electron chi connectivity index (χ1n) is 9.97. The first kappa shape index (κ1) is 20.6. The Balaban J connectivity index is 1.84. The minimum atomic E-state index is -1.39. The molecule has 1 aromatic carbocycles. The SMILES string of the molecule is COc1cc([C@H]2C3=C(CCCC3=O)N=C3CCCC(=O)C32)cc(Cl)c1OCC(=O)[O-]. The highest BCUT2D eigenvalue weighted by atomic mass is 35.5. The van der Waals surface area contributed by atoms with Gasteiger partial charge in [-0.3, -0.25) is 14.6 Å². The van der Waals surface area contributed by atoms with Gasteiger partial charge in [0.05, 0.1) is 24.0 Å². The number of carboxylic acid groups (broad SMARTS) is 1. The van der Waals surface area contributed by atoms with E-state index in [4.69, 9.17) is 26.1 Å². The van der Waals surface area contributed by atoms with E-state index >= 15 is 0 Å². The molecule has 0 radical (unpaired) electrons. The van der Waals surface area contributed by atoms with Crippen molar-refractivity contribution in [1.29, 1.82) is 0 Å². The van der Waals surface area contributed by atoms with Gasteiger partial charge in [0.2, 0.25) is 0 Å². The summed E-state index contributed by atoms with van der Waals surface area (Å²) in [5.41, 5.74) is 2.85. The van der Waals surface area contributed by atoms with Gasteiger partial charge in [-0.1, -0.05) is 11.6 Å². The molecule has 1 heterocycles. The molecule has 0 N–H and O–H groups in total. The lowest BCUT2D eigenvalue weighted by molar-refractivity contribution is -0.307. The van der Waals surface area contributed by atoms with Crippen LogP contribution in [0.3, 0.4) is 0 Å².